The van der Waals surface area contributed by atoms with Gasteiger partial charge in [0, 0.05) is 38.3 Å². The molecule has 4 rings (SSSR count). The van der Waals surface area contributed by atoms with E-state index in [9.17, 15) is 0 Å². The highest BCUT2D eigenvalue weighted by atomic mass is 32.1. The third-order valence-electron chi connectivity index (χ3n) is 5.28. The van der Waals surface area contributed by atoms with Gasteiger partial charge in [0.15, 0.2) is 5.82 Å². The molecule has 2 heterocycles. The van der Waals surface area contributed by atoms with E-state index in [0.717, 1.165) is 50.8 Å². The lowest BCUT2D eigenvalue weighted by Crippen LogP contribution is -2.46. The van der Waals surface area contributed by atoms with E-state index in [0.29, 0.717) is 4.77 Å². The zero-order chi connectivity index (χ0) is 20.1. The molecule has 1 N–H and O–H groups in total. The third kappa shape index (κ3) is 5.29. The van der Waals surface area contributed by atoms with Crippen molar-refractivity contribution in [2.45, 2.75) is 13.6 Å². The van der Waals surface area contributed by atoms with Gasteiger partial charge in [-0.1, -0.05) is 72.3 Å². The van der Waals surface area contributed by atoms with Crippen LogP contribution in [0.4, 0.5) is 0 Å². The summed E-state index contributed by atoms with van der Waals surface area (Å²) in [6, 6.07) is 18.8. The molecule has 0 bridgehead atoms. The highest BCUT2D eigenvalue weighted by molar-refractivity contribution is 7.71. The van der Waals surface area contributed by atoms with Gasteiger partial charge in [-0.05, 0) is 24.7 Å². The summed E-state index contributed by atoms with van der Waals surface area (Å²) in [6.07, 6.45) is 4.45. The van der Waals surface area contributed by atoms with E-state index in [-0.39, 0.29) is 0 Å². The zero-order valence-corrected chi connectivity index (χ0v) is 17.6. The Balaban J connectivity index is 1.29. The van der Waals surface area contributed by atoms with E-state index in [1.54, 1.807) is 0 Å². The van der Waals surface area contributed by atoms with Gasteiger partial charge in [-0.3, -0.25) is 14.9 Å². The van der Waals surface area contributed by atoms with Crippen LogP contribution < -0.4 is 0 Å². The first-order chi connectivity index (χ1) is 14.2. The fourth-order valence-electron chi connectivity index (χ4n) is 3.51. The first-order valence-corrected chi connectivity index (χ1v) is 10.5. The number of H-pyrrole nitrogens is 1. The minimum absolute atomic E-state index is 0.605. The fraction of sp³-hybridized carbons (Fsp3) is 0.304. The van der Waals surface area contributed by atoms with Crippen LogP contribution in [0.15, 0.2) is 60.7 Å². The molecule has 2 aromatic carbocycles. The molecule has 29 heavy (non-hydrogen) atoms. The summed E-state index contributed by atoms with van der Waals surface area (Å²) in [4.78, 5) is 9.44. The first-order valence-electron chi connectivity index (χ1n) is 10.1. The van der Waals surface area contributed by atoms with Crippen molar-refractivity contribution in [3.63, 3.8) is 0 Å². The van der Waals surface area contributed by atoms with Crippen LogP contribution >= 0.6 is 12.2 Å². The minimum atomic E-state index is 0.605. The van der Waals surface area contributed by atoms with Gasteiger partial charge in [0.2, 0.25) is 4.77 Å². The zero-order valence-electron chi connectivity index (χ0n) is 16.8. The average Bonchev–Trinajstić information content (AvgIpc) is 3.11. The minimum Gasteiger partial charge on any atom is -0.297 e. The molecule has 1 saturated heterocycles. The van der Waals surface area contributed by atoms with Gasteiger partial charge in [-0.2, -0.15) is 4.98 Å². The van der Waals surface area contributed by atoms with Gasteiger partial charge in [0.05, 0.1) is 6.67 Å². The molecule has 0 unspecified atom stereocenters. The molecule has 0 radical (unpaired) electrons. The lowest BCUT2D eigenvalue weighted by Gasteiger charge is -2.33. The van der Waals surface area contributed by atoms with Crippen LogP contribution in [0.2, 0.25) is 0 Å². The Morgan fingerprint density at radius 1 is 0.966 bits per heavy atom. The molecule has 6 heteroatoms. The fourth-order valence-corrected chi connectivity index (χ4v) is 3.70. The number of aromatic amines is 1. The van der Waals surface area contributed by atoms with Crippen molar-refractivity contribution in [1.82, 2.24) is 24.6 Å². The van der Waals surface area contributed by atoms with E-state index in [1.807, 2.05) is 10.7 Å². The van der Waals surface area contributed by atoms with Gasteiger partial charge >= 0.3 is 0 Å². The highest BCUT2D eigenvalue weighted by Gasteiger charge is 2.17. The van der Waals surface area contributed by atoms with Crippen LogP contribution in [0.25, 0.3) is 17.5 Å². The molecule has 5 nitrogen and oxygen atoms in total. The molecule has 0 amide bonds. The first kappa shape index (κ1) is 19.8. The van der Waals surface area contributed by atoms with E-state index in [1.165, 1.54) is 11.1 Å². The van der Waals surface area contributed by atoms with Gasteiger partial charge in [-0.15, -0.1) is 0 Å². The molecule has 1 aromatic heterocycles. The van der Waals surface area contributed by atoms with Gasteiger partial charge in [0.1, 0.15) is 0 Å². The predicted octanol–water partition coefficient (Wildman–Crippen LogP) is 4.20. The summed E-state index contributed by atoms with van der Waals surface area (Å²) < 4.78 is 2.57. The van der Waals surface area contributed by atoms with Crippen LogP contribution in [0.3, 0.4) is 0 Å². The van der Waals surface area contributed by atoms with E-state index in [4.69, 9.17) is 12.2 Å². The van der Waals surface area contributed by atoms with Crippen molar-refractivity contribution >= 4 is 18.3 Å². The van der Waals surface area contributed by atoms with Gasteiger partial charge in [0.25, 0.3) is 0 Å². The topological polar surface area (TPSA) is 40.1 Å². The largest absolute Gasteiger partial charge is 0.297 e. The monoisotopic (exact) mass is 405 g/mol. The molecule has 1 fully saturated rings. The van der Waals surface area contributed by atoms with Gasteiger partial charge in [-0.25, -0.2) is 4.68 Å². The van der Waals surface area contributed by atoms with E-state index < -0.39 is 0 Å². The Hall–Kier alpha value is -2.54. The van der Waals surface area contributed by atoms with Crippen LogP contribution in [0.5, 0.6) is 0 Å². The van der Waals surface area contributed by atoms with Crippen LogP contribution in [0, 0.1) is 11.7 Å². The molecule has 1 aliphatic rings. The predicted molar refractivity (Wildman–Crippen MR) is 121 cm³/mol. The van der Waals surface area contributed by atoms with Crippen molar-refractivity contribution < 1.29 is 0 Å². The quantitative estimate of drug-likeness (QED) is 0.624. The molecule has 0 aliphatic carbocycles. The molecule has 3 aromatic rings. The Morgan fingerprint density at radius 2 is 1.66 bits per heavy atom. The van der Waals surface area contributed by atoms with Crippen LogP contribution in [-0.4, -0.2) is 57.3 Å². The second-order valence-corrected chi connectivity index (χ2v) is 7.89. The Bertz CT molecular complexity index is 996. The molecular weight excluding hydrogens is 378 g/mol. The molecule has 150 valence electrons. The van der Waals surface area contributed by atoms with E-state index >= 15 is 0 Å². The Kier molecular flexibility index (Phi) is 6.34. The van der Waals surface area contributed by atoms with Crippen molar-refractivity contribution in [2.75, 3.05) is 32.7 Å². The van der Waals surface area contributed by atoms with Crippen molar-refractivity contribution in [3.8, 4) is 11.4 Å². The highest BCUT2D eigenvalue weighted by Crippen LogP contribution is 2.16. The number of benzene rings is 2. The second-order valence-electron chi connectivity index (χ2n) is 7.52. The smallest absolute Gasteiger partial charge is 0.217 e. The van der Waals surface area contributed by atoms with Crippen molar-refractivity contribution in [3.05, 3.63) is 76.6 Å². The number of nitrogens with zero attached hydrogens (tertiary/aromatic N) is 4. The molecule has 0 saturated carbocycles. The maximum Gasteiger partial charge on any atom is 0.217 e. The lowest BCUT2D eigenvalue weighted by molar-refractivity contribution is 0.110. The maximum absolute atomic E-state index is 5.47. The summed E-state index contributed by atoms with van der Waals surface area (Å²) in [6.45, 7) is 8.01. The number of piperazine rings is 1. The SMILES string of the molecule is Cc1ccc(-c2nc(=S)n(CN3CCN(C/C=C/c4ccccc4)CC3)[nH]2)cc1. The molecular formula is C23H27N5S. The number of hydrogen-bond acceptors (Lipinski definition) is 4. The molecule has 0 atom stereocenters. The lowest BCUT2D eigenvalue weighted by atomic mass is 10.1. The van der Waals surface area contributed by atoms with E-state index in [2.05, 4.69) is 87.5 Å². The number of rotatable bonds is 6. The Labute approximate surface area is 177 Å². The number of hydrogen-bond donors (Lipinski definition) is 1. The Morgan fingerprint density at radius 3 is 2.38 bits per heavy atom. The summed E-state index contributed by atoms with van der Waals surface area (Å²) >= 11 is 5.47. The number of aromatic nitrogens is 3. The standard InChI is InChI=1S/C23H27N5S/c1-19-9-11-21(12-10-19)22-24-23(29)28(25-22)18-27-16-14-26(15-17-27)13-5-8-20-6-3-2-4-7-20/h2-12H,13-18H2,1H3,(H,24,25,29)/b8-5+. The van der Waals surface area contributed by atoms with Crippen LogP contribution in [-0.2, 0) is 6.67 Å². The maximum atomic E-state index is 5.47. The van der Waals surface area contributed by atoms with Crippen LogP contribution in [0.1, 0.15) is 11.1 Å². The summed E-state index contributed by atoms with van der Waals surface area (Å²) in [5.74, 6) is 0.833. The number of aryl methyl sites for hydroxylation is 1. The summed E-state index contributed by atoms with van der Waals surface area (Å²) in [5, 5.41) is 3.36. The number of nitrogens with one attached hydrogen (secondary N) is 1. The third-order valence-corrected chi connectivity index (χ3v) is 5.60. The molecule has 1 aliphatic heterocycles. The van der Waals surface area contributed by atoms with Gasteiger partial charge < -0.3 is 0 Å². The summed E-state index contributed by atoms with van der Waals surface area (Å²) in [7, 11) is 0. The molecule has 0 spiro atoms. The summed E-state index contributed by atoms with van der Waals surface area (Å²) in [5.41, 5.74) is 3.56. The normalized spacial score (nSPS) is 15.9. The second kappa shape index (κ2) is 9.31. The average molecular weight is 406 g/mol. The van der Waals surface area contributed by atoms with Crippen molar-refractivity contribution in [1.29, 1.82) is 0 Å². The van der Waals surface area contributed by atoms with Crippen molar-refractivity contribution in [2.24, 2.45) is 0 Å².